The number of hydrogen-bond acceptors (Lipinski definition) is 7. The fourth-order valence-corrected chi connectivity index (χ4v) is 4.39. The molecule has 0 spiro atoms. The fourth-order valence-electron chi connectivity index (χ4n) is 3.74. The third-order valence-electron chi connectivity index (χ3n) is 5.84. The van der Waals surface area contributed by atoms with Crippen LogP contribution in [-0.2, 0) is 16.4 Å². The Bertz CT molecular complexity index is 1520. The number of aromatic nitrogens is 2. The summed E-state index contributed by atoms with van der Waals surface area (Å²) in [4.78, 5) is 17.2. The Morgan fingerprint density at radius 2 is 1.95 bits per heavy atom. The largest absolute Gasteiger partial charge is 0.495 e. The maximum Gasteiger partial charge on any atom is 0.406 e. The highest BCUT2D eigenvalue weighted by Gasteiger charge is 2.29. The Morgan fingerprint density at radius 3 is 2.54 bits per heavy atom. The smallest absolute Gasteiger partial charge is 0.406 e. The molecule has 3 aromatic rings. The van der Waals surface area contributed by atoms with Crippen LogP contribution in [0.1, 0.15) is 29.8 Å². The zero-order valence-electron chi connectivity index (χ0n) is 21.8. The molecule has 1 aromatic heterocycles. The van der Waals surface area contributed by atoms with Crippen LogP contribution in [0.2, 0.25) is 0 Å². The number of alkyl halides is 3. The molecular weight excluding hydrogens is 537 g/mol. The monoisotopic (exact) mass is 566 g/mol. The molecule has 0 fully saturated rings. The van der Waals surface area contributed by atoms with E-state index < -0.39 is 34.5 Å². The highest BCUT2D eigenvalue weighted by atomic mass is 32.2. The van der Waals surface area contributed by atoms with Gasteiger partial charge in [-0.2, -0.15) is 13.2 Å². The van der Waals surface area contributed by atoms with Gasteiger partial charge in [-0.05, 0) is 36.2 Å². The molecule has 1 amide bonds. The molecule has 0 aliphatic heterocycles. The molecule has 1 heterocycles. The fraction of sp³-hybridized carbons (Fsp3) is 0.385. The lowest BCUT2D eigenvalue weighted by Crippen LogP contribution is -2.41. The van der Waals surface area contributed by atoms with Gasteiger partial charge in [-0.3, -0.25) is 4.79 Å². The van der Waals surface area contributed by atoms with E-state index in [-0.39, 0.29) is 46.1 Å². The summed E-state index contributed by atoms with van der Waals surface area (Å²) in [5.74, 6) is 5.36. The van der Waals surface area contributed by atoms with Crippen molar-refractivity contribution in [2.24, 2.45) is 5.92 Å². The van der Waals surface area contributed by atoms with E-state index in [9.17, 15) is 31.5 Å². The Morgan fingerprint density at radius 1 is 1.23 bits per heavy atom. The second kappa shape index (κ2) is 12.0. The number of nitrogens with one attached hydrogen (secondary N) is 2. The quantitative estimate of drug-likeness (QED) is 0.340. The van der Waals surface area contributed by atoms with Crippen LogP contribution in [-0.4, -0.2) is 67.7 Å². The van der Waals surface area contributed by atoms with Gasteiger partial charge in [-0.1, -0.05) is 25.7 Å². The van der Waals surface area contributed by atoms with Crippen molar-refractivity contribution in [2.75, 3.05) is 31.8 Å². The third kappa shape index (κ3) is 7.64. The first-order chi connectivity index (χ1) is 18.2. The van der Waals surface area contributed by atoms with E-state index in [1.54, 1.807) is 0 Å². The predicted molar refractivity (Wildman–Crippen MR) is 140 cm³/mol. The Labute approximate surface area is 224 Å². The molecule has 39 heavy (non-hydrogen) atoms. The first-order valence-corrected chi connectivity index (χ1v) is 13.7. The second-order valence-corrected chi connectivity index (χ2v) is 11.2. The molecule has 0 bridgehead atoms. The molecule has 0 aliphatic carbocycles. The van der Waals surface area contributed by atoms with Crippen LogP contribution in [0.3, 0.4) is 0 Å². The summed E-state index contributed by atoms with van der Waals surface area (Å²) in [6.45, 7) is 2.04. The minimum Gasteiger partial charge on any atom is -0.495 e. The van der Waals surface area contributed by atoms with Gasteiger partial charge in [-0.15, -0.1) is 0 Å². The minimum absolute atomic E-state index is 0.0207. The number of imidazole rings is 1. The summed E-state index contributed by atoms with van der Waals surface area (Å²) >= 11 is 0. The molecule has 2 aromatic carbocycles. The number of rotatable bonds is 9. The van der Waals surface area contributed by atoms with Crippen molar-refractivity contribution in [1.29, 1.82) is 0 Å². The first kappa shape index (κ1) is 29.8. The van der Waals surface area contributed by atoms with Gasteiger partial charge in [0.2, 0.25) is 0 Å². The minimum atomic E-state index is -4.51. The molecule has 210 valence electrons. The highest BCUT2D eigenvalue weighted by Crippen LogP contribution is 2.28. The van der Waals surface area contributed by atoms with E-state index in [2.05, 4.69) is 27.5 Å². The van der Waals surface area contributed by atoms with E-state index in [0.717, 1.165) is 17.2 Å². The SMILES string of the molecule is COc1ccc(S(C)(=O)=O)cc1NCC#Cc1cc(C(=O)NC(CO)C(C)C)c2ncn(CC(F)(F)F)c2c1. The van der Waals surface area contributed by atoms with Gasteiger partial charge >= 0.3 is 6.18 Å². The van der Waals surface area contributed by atoms with Gasteiger partial charge in [0, 0.05) is 11.8 Å². The van der Waals surface area contributed by atoms with Crippen molar-refractivity contribution in [3.63, 3.8) is 0 Å². The Kier molecular flexibility index (Phi) is 9.14. The van der Waals surface area contributed by atoms with E-state index in [4.69, 9.17) is 4.74 Å². The number of methoxy groups -OCH3 is 1. The van der Waals surface area contributed by atoms with Crippen molar-refractivity contribution < 1.29 is 36.2 Å². The van der Waals surface area contributed by atoms with E-state index in [0.29, 0.717) is 11.4 Å². The van der Waals surface area contributed by atoms with Gasteiger partial charge in [0.15, 0.2) is 9.84 Å². The van der Waals surface area contributed by atoms with Crippen molar-refractivity contribution in [2.45, 2.75) is 37.5 Å². The zero-order chi connectivity index (χ0) is 29.0. The van der Waals surface area contributed by atoms with Gasteiger partial charge in [0.1, 0.15) is 17.8 Å². The lowest BCUT2D eigenvalue weighted by Gasteiger charge is -2.20. The zero-order valence-corrected chi connectivity index (χ0v) is 22.6. The Balaban J connectivity index is 1.96. The third-order valence-corrected chi connectivity index (χ3v) is 6.95. The molecule has 1 atom stereocenters. The van der Waals surface area contributed by atoms with Crippen molar-refractivity contribution in [3.8, 4) is 17.6 Å². The molecule has 9 nitrogen and oxygen atoms in total. The number of aliphatic hydroxyl groups is 1. The van der Waals surface area contributed by atoms with Gasteiger partial charge < -0.3 is 25.0 Å². The normalized spacial score (nSPS) is 12.6. The average Bonchev–Trinajstić information content (AvgIpc) is 3.24. The molecule has 3 rings (SSSR count). The average molecular weight is 567 g/mol. The Hall–Kier alpha value is -3.76. The number of sulfone groups is 1. The number of aliphatic hydroxyl groups excluding tert-OH is 1. The van der Waals surface area contributed by atoms with Crippen molar-refractivity contribution in [1.82, 2.24) is 14.9 Å². The lowest BCUT2D eigenvalue weighted by atomic mass is 10.0. The van der Waals surface area contributed by atoms with Crippen LogP contribution in [0.4, 0.5) is 18.9 Å². The van der Waals surface area contributed by atoms with Crippen molar-refractivity contribution >= 4 is 32.5 Å². The summed E-state index contributed by atoms with van der Waals surface area (Å²) < 4.78 is 69.4. The number of benzene rings is 2. The van der Waals surface area contributed by atoms with Crippen LogP contribution >= 0.6 is 0 Å². The van der Waals surface area contributed by atoms with Crippen LogP contribution in [0, 0.1) is 17.8 Å². The number of hydrogen-bond donors (Lipinski definition) is 3. The number of halogens is 3. The first-order valence-electron chi connectivity index (χ1n) is 11.8. The standard InChI is InChI=1S/C26H29F3N4O5S/c1-16(2)21(13-34)32-25(35)19-10-17(11-22-24(19)31-15-33(22)14-26(27,28)29)6-5-9-30-20-12-18(39(4,36)37)7-8-23(20)38-3/h7-8,10-12,15-16,21,30,34H,9,13-14H2,1-4H3,(H,32,35). The molecule has 0 aliphatic rings. The topological polar surface area (TPSA) is 123 Å². The maximum atomic E-state index is 13.1. The summed E-state index contributed by atoms with van der Waals surface area (Å²) in [7, 11) is -2.03. The lowest BCUT2D eigenvalue weighted by molar-refractivity contribution is -0.139. The number of fused-ring (bicyclic) bond motifs is 1. The summed E-state index contributed by atoms with van der Waals surface area (Å²) in [6.07, 6.45) is -2.42. The number of nitrogens with zero attached hydrogens (tertiary/aromatic N) is 2. The van der Waals surface area contributed by atoms with Crippen LogP contribution in [0.25, 0.3) is 11.0 Å². The molecular formula is C26H29F3N4O5S. The number of anilines is 1. The van der Waals surface area contributed by atoms with Gasteiger partial charge in [0.25, 0.3) is 5.91 Å². The predicted octanol–water partition coefficient (Wildman–Crippen LogP) is 3.22. The molecule has 0 radical (unpaired) electrons. The van der Waals surface area contributed by atoms with Crippen LogP contribution in [0.15, 0.2) is 41.6 Å². The second-order valence-electron chi connectivity index (χ2n) is 9.18. The van der Waals surface area contributed by atoms with Crippen molar-refractivity contribution in [3.05, 3.63) is 47.8 Å². The molecule has 0 saturated carbocycles. The highest BCUT2D eigenvalue weighted by molar-refractivity contribution is 7.90. The van der Waals surface area contributed by atoms with Gasteiger partial charge in [-0.25, -0.2) is 13.4 Å². The van der Waals surface area contributed by atoms with Crippen LogP contribution in [0.5, 0.6) is 5.75 Å². The van der Waals surface area contributed by atoms with E-state index in [1.165, 1.54) is 37.4 Å². The number of amides is 1. The number of carbonyl (C=O) groups excluding carboxylic acids is 1. The molecule has 3 N–H and O–H groups in total. The summed E-state index contributed by atoms with van der Waals surface area (Å²) in [5.41, 5.74) is 0.818. The van der Waals surface area contributed by atoms with Crippen LogP contribution < -0.4 is 15.4 Å². The maximum absolute atomic E-state index is 13.1. The van der Waals surface area contributed by atoms with E-state index >= 15 is 0 Å². The molecule has 0 saturated heterocycles. The summed E-state index contributed by atoms with van der Waals surface area (Å²) in [5, 5.41) is 15.3. The molecule has 1 unspecified atom stereocenters. The summed E-state index contributed by atoms with van der Waals surface area (Å²) in [6, 6.07) is 6.60. The molecule has 13 heteroatoms. The number of ether oxygens (including phenoxy) is 1. The number of carbonyl (C=O) groups is 1. The van der Waals surface area contributed by atoms with E-state index in [1.807, 2.05) is 13.8 Å². The van der Waals surface area contributed by atoms with Gasteiger partial charge in [0.05, 0.1) is 54.3 Å².